The number of hydrogen-bond acceptors (Lipinski definition) is 5. The first-order valence-electron chi connectivity index (χ1n) is 4.53. The van der Waals surface area contributed by atoms with Gasteiger partial charge in [-0.1, -0.05) is 6.08 Å². The Morgan fingerprint density at radius 2 is 2.18 bits per heavy atom. The first-order chi connectivity index (χ1) is 7.88. The fourth-order valence-corrected chi connectivity index (χ4v) is 2.12. The molecule has 1 aromatic carbocycles. The molecule has 1 rings (SSSR count). The summed E-state index contributed by atoms with van der Waals surface area (Å²) in [5.41, 5.74) is 4.84. The van der Waals surface area contributed by atoms with E-state index in [1.54, 1.807) is 0 Å². The van der Waals surface area contributed by atoms with E-state index in [9.17, 15) is 18.5 Å². The van der Waals surface area contributed by atoms with Crippen molar-refractivity contribution in [2.75, 3.05) is 12.3 Å². The highest BCUT2D eigenvalue weighted by Crippen LogP contribution is 2.24. The maximum absolute atomic E-state index is 11.7. The van der Waals surface area contributed by atoms with Crippen LogP contribution in [0.5, 0.6) is 0 Å². The second-order valence-corrected chi connectivity index (χ2v) is 4.89. The van der Waals surface area contributed by atoms with E-state index in [0.717, 1.165) is 6.07 Å². The normalized spacial score (nSPS) is 11.1. The van der Waals surface area contributed by atoms with Gasteiger partial charge in [-0.3, -0.25) is 10.1 Å². The lowest BCUT2D eigenvalue weighted by Crippen LogP contribution is -2.23. The first kappa shape index (κ1) is 13.1. The summed E-state index contributed by atoms with van der Waals surface area (Å²) < 4.78 is 25.5. The second kappa shape index (κ2) is 4.93. The number of nitrogens with zero attached hydrogens (tertiary/aromatic N) is 1. The van der Waals surface area contributed by atoms with E-state index in [0.29, 0.717) is 0 Å². The highest BCUT2D eigenvalue weighted by molar-refractivity contribution is 7.89. The van der Waals surface area contributed by atoms with Crippen LogP contribution >= 0.6 is 0 Å². The van der Waals surface area contributed by atoms with Crippen LogP contribution in [0.15, 0.2) is 35.7 Å². The molecule has 7 nitrogen and oxygen atoms in total. The van der Waals surface area contributed by atoms with Crippen molar-refractivity contribution < 1.29 is 13.3 Å². The molecule has 0 fully saturated rings. The van der Waals surface area contributed by atoms with Crippen LogP contribution < -0.4 is 10.5 Å². The van der Waals surface area contributed by atoms with Crippen LogP contribution in [-0.2, 0) is 10.0 Å². The summed E-state index contributed by atoms with van der Waals surface area (Å²) in [5, 5.41) is 10.6. The Kier molecular flexibility index (Phi) is 3.81. The van der Waals surface area contributed by atoms with Gasteiger partial charge in [0.25, 0.3) is 5.69 Å². The summed E-state index contributed by atoms with van der Waals surface area (Å²) in [6, 6.07) is 3.30. The van der Waals surface area contributed by atoms with Gasteiger partial charge in [0.1, 0.15) is 5.69 Å². The third-order valence-electron chi connectivity index (χ3n) is 1.93. The lowest BCUT2D eigenvalue weighted by atomic mass is 10.3. The summed E-state index contributed by atoms with van der Waals surface area (Å²) in [7, 11) is -3.78. The van der Waals surface area contributed by atoms with Crippen LogP contribution in [0, 0.1) is 10.1 Å². The predicted octanol–water partition coefficient (Wildman–Crippen LogP) is 0.641. The van der Waals surface area contributed by atoms with Crippen molar-refractivity contribution in [1.29, 1.82) is 0 Å². The largest absolute Gasteiger partial charge is 0.393 e. The Morgan fingerprint density at radius 3 is 2.71 bits per heavy atom. The molecule has 0 saturated heterocycles. The number of sulfonamides is 1. The molecule has 0 heterocycles. The minimum absolute atomic E-state index is 0.0422. The highest BCUT2D eigenvalue weighted by atomic mass is 32.2. The Morgan fingerprint density at radius 1 is 1.53 bits per heavy atom. The van der Waals surface area contributed by atoms with Crippen molar-refractivity contribution >= 4 is 21.4 Å². The molecule has 92 valence electrons. The molecule has 3 N–H and O–H groups in total. The van der Waals surface area contributed by atoms with E-state index in [2.05, 4.69) is 11.3 Å². The number of rotatable bonds is 5. The molecule has 8 heteroatoms. The van der Waals surface area contributed by atoms with Crippen molar-refractivity contribution in [3.8, 4) is 0 Å². The molecule has 0 bridgehead atoms. The molecule has 0 aliphatic rings. The van der Waals surface area contributed by atoms with Gasteiger partial charge < -0.3 is 5.73 Å². The van der Waals surface area contributed by atoms with Crippen molar-refractivity contribution in [3.05, 3.63) is 41.0 Å². The molecule has 0 atom stereocenters. The van der Waals surface area contributed by atoms with E-state index in [4.69, 9.17) is 5.73 Å². The molecule has 0 saturated carbocycles. The quantitative estimate of drug-likeness (QED) is 0.347. The summed E-state index contributed by atoms with van der Waals surface area (Å²) in [6.45, 7) is 3.40. The molecule has 0 aliphatic carbocycles. The van der Waals surface area contributed by atoms with Crippen molar-refractivity contribution in [3.63, 3.8) is 0 Å². The number of benzene rings is 1. The summed E-state index contributed by atoms with van der Waals surface area (Å²) in [5.74, 6) is 0. The topological polar surface area (TPSA) is 115 Å². The van der Waals surface area contributed by atoms with Crippen LogP contribution in [0.4, 0.5) is 11.4 Å². The fourth-order valence-electron chi connectivity index (χ4n) is 1.10. The third-order valence-corrected chi connectivity index (χ3v) is 3.35. The maximum atomic E-state index is 11.7. The van der Waals surface area contributed by atoms with Gasteiger partial charge in [-0.15, -0.1) is 6.58 Å². The SMILES string of the molecule is C=CCNS(=O)(=O)c1ccc(N)c([N+](=O)[O-])c1. The van der Waals surface area contributed by atoms with Crippen molar-refractivity contribution in [1.82, 2.24) is 4.72 Å². The van der Waals surface area contributed by atoms with E-state index in [-0.39, 0.29) is 17.1 Å². The second-order valence-electron chi connectivity index (χ2n) is 3.12. The number of nitrogens with one attached hydrogen (secondary N) is 1. The first-order valence-corrected chi connectivity index (χ1v) is 6.01. The highest BCUT2D eigenvalue weighted by Gasteiger charge is 2.19. The maximum Gasteiger partial charge on any atom is 0.293 e. The number of nitrogens with two attached hydrogens (primary N) is 1. The molecule has 0 aliphatic heterocycles. The summed E-state index contributed by atoms with van der Waals surface area (Å²) in [6.07, 6.45) is 1.36. The van der Waals surface area contributed by atoms with Crippen molar-refractivity contribution in [2.24, 2.45) is 0 Å². The summed E-state index contributed by atoms with van der Waals surface area (Å²) in [4.78, 5) is 9.67. The molecule has 17 heavy (non-hydrogen) atoms. The Hall–Kier alpha value is -1.93. The van der Waals surface area contributed by atoms with E-state index in [1.807, 2.05) is 0 Å². The molecular formula is C9H11N3O4S. The monoisotopic (exact) mass is 257 g/mol. The molecular weight excluding hydrogens is 246 g/mol. The predicted molar refractivity (Wildman–Crippen MR) is 62.9 cm³/mol. The van der Waals surface area contributed by atoms with Crippen LogP contribution in [0.1, 0.15) is 0 Å². The van der Waals surface area contributed by atoms with Gasteiger partial charge in [-0.25, -0.2) is 13.1 Å². The minimum Gasteiger partial charge on any atom is -0.393 e. The molecule has 0 amide bonds. The number of nitrogen functional groups attached to an aromatic ring is 1. The zero-order valence-electron chi connectivity index (χ0n) is 8.79. The number of nitro groups is 1. The lowest BCUT2D eigenvalue weighted by Gasteiger charge is -2.05. The average molecular weight is 257 g/mol. The Bertz CT molecular complexity index is 553. The smallest absolute Gasteiger partial charge is 0.293 e. The zero-order chi connectivity index (χ0) is 13.1. The molecule has 0 radical (unpaired) electrons. The molecule has 0 aromatic heterocycles. The van der Waals surface area contributed by atoms with Crippen LogP contribution in [0.25, 0.3) is 0 Å². The molecule has 0 unspecified atom stereocenters. The zero-order valence-corrected chi connectivity index (χ0v) is 9.61. The van der Waals surface area contributed by atoms with Gasteiger partial charge in [0, 0.05) is 12.6 Å². The number of hydrogen-bond donors (Lipinski definition) is 2. The Balaban J connectivity index is 3.20. The minimum atomic E-state index is -3.78. The third kappa shape index (κ3) is 3.02. The van der Waals surface area contributed by atoms with E-state index < -0.39 is 20.6 Å². The van der Waals surface area contributed by atoms with E-state index >= 15 is 0 Å². The van der Waals surface area contributed by atoms with Gasteiger partial charge in [0.2, 0.25) is 10.0 Å². The van der Waals surface area contributed by atoms with Gasteiger partial charge >= 0.3 is 0 Å². The average Bonchev–Trinajstić information content (AvgIpc) is 2.26. The van der Waals surface area contributed by atoms with Gasteiger partial charge in [-0.2, -0.15) is 0 Å². The van der Waals surface area contributed by atoms with Crippen LogP contribution in [0.2, 0.25) is 0 Å². The van der Waals surface area contributed by atoms with Gasteiger partial charge in [-0.05, 0) is 12.1 Å². The standard InChI is InChI=1S/C9H11N3O4S/c1-2-5-11-17(15,16)7-3-4-8(10)9(6-7)12(13)14/h2-4,6,11H,1,5,10H2. The van der Waals surface area contributed by atoms with Crippen molar-refractivity contribution in [2.45, 2.75) is 4.90 Å². The van der Waals surface area contributed by atoms with Crippen LogP contribution in [0.3, 0.4) is 0 Å². The van der Waals surface area contributed by atoms with Gasteiger partial charge in [0.05, 0.1) is 9.82 Å². The summed E-state index contributed by atoms with van der Waals surface area (Å²) >= 11 is 0. The van der Waals surface area contributed by atoms with Crippen LogP contribution in [-0.4, -0.2) is 19.9 Å². The number of anilines is 1. The van der Waals surface area contributed by atoms with Gasteiger partial charge in [0.15, 0.2) is 0 Å². The fraction of sp³-hybridized carbons (Fsp3) is 0.111. The Labute approximate surface area is 98.1 Å². The lowest BCUT2D eigenvalue weighted by molar-refractivity contribution is -0.384. The molecule has 0 spiro atoms. The number of nitro benzene ring substituents is 1. The van der Waals surface area contributed by atoms with E-state index in [1.165, 1.54) is 18.2 Å². The molecule has 1 aromatic rings.